The average Bonchev–Trinajstić information content (AvgIpc) is 2.30. The summed E-state index contributed by atoms with van der Waals surface area (Å²) < 4.78 is 2.39. The molecule has 0 saturated heterocycles. The van der Waals surface area contributed by atoms with E-state index < -0.39 is 0 Å². The molecule has 2 heteroatoms. The van der Waals surface area contributed by atoms with E-state index in [2.05, 4.69) is 69.2 Å². The normalized spacial score (nSPS) is 9.38. The van der Waals surface area contributed by atoms with Crippen LogP contribution in [0.4, 0.5) is 0 Å². The van der Waals surface area contributed by atoms with Crippen LogP contribution >= 0.6 is 45.2 Å². The first-order valence-electron chi connectivity index (χ1n) is 4.78. The minimum absolute atomic E-state index is 1.09. The maximum absolute atomic E-state index is 3.21. The number of benzene rings is 2. The van der Waals surface area contributed by atoms with Gasteiger partial charge in [0.1, 0.15) is 0 Å². The molecule has 0 aromatic heterocycles. The standard InChI is InChI=1S/C14H8I2/c15-13-7-3-1-5-11(13)9-10-12-6-2-4-8-14(12)16/h1-8H. The van der Waals surface area contributed by atoms with Gasteiger partial charge < -0.3 is 0 Å². The van der Waals surface area contributed by atoms with Crippen LogP contribution in [0.25, 0.3) is 0 Å². The van der Waals surface area contributed by atoms with Crippen molar-refractivity contribution in [2.24, 2.45) is 0 Å². The SMILES string of the molecule is Ic1ccccc1C#Cc1ccccc1I. The second-order valence-corrected chi connectivity index (χ2v) is 5.53. The Labute approximate surface area is 123 Å². The van der Waals surface area contributed by atoms with Crippen molar-refractivity contribution < 1.29 is 0 Å². The van der Waals surface area contributed by atoms with Crippen molar-refractivity contribution in [2.45, 2.75) is 0 Å². The van der Waals surface area contributed by atoms with Crippen LogP contribution in [0.1, 0.15) is 11.1 Å². The van der Waals surface area contributed by atoms with Crippen LogP contribution in [0.3, 0.4) is 0 Å². The molecule has 0 nitrogen and oxygen atoms in total. The van der Waals surface area contributed by atoms with Crippen molar-refractivity contribution in [3.63, 3.8) is 0 Å². The second kappa shape index (κ2) is 5.69. The second-order valence-electron chi connectivity index (χ2n) is 3.21. The predicted molar refractivity (Wildman–Crippen MR) is 84.3 cm³/mol. The van der Waals surface area contributed by atoms with Gasteiger partial charge in [0.15, 0.2) is 0 Å². The summed E-state index contributed by atoms with van der Waals surface area (Å²) in [6.07, 6.45) is 0. The smallest absolute Gasteiger partial charge is 0.0382 e. The number of halogens is 2. The Balaban J connectivity index is 2.36. The number of rotatable bonds is 0. The molecular weight excluding hydrogens is 422 g/mol. The molecule has 0 aliphatic carbocycles. The molecule has 0 fully saturated rings. The van der Waals surface area contributed by atoms with E-state index in [9.17, 15) is 0 Å². The van der Waals surface area contributed by atoms with Gasteiger partial charge in [-0.15, -0.1) is 0 Å². The predicted octanol–water partition coefficient (Wildman–Crippen LogP) is 4.30. The van der Waals surface area contributed by atoms with Crippen molar-refractivity contribution in [3.8, 4) is 11.8 Å². The van der Waals surface area contributed by atoms with Crippen LogP contribution in [0.5, 0.6) is 0 Å². The zero-order valence-corrected chi connectivity index (χ0v) is 12.7. The fourth-order valence-electron chi connectivity index (χ4n) is 1.26. The van der Waals surface area contributed by atoms with Crippen molar-refractivity contribution in [2.75, 3.05) is 0 Å². The summed E-state index contributed by atoms with van der Waals surface area (Å²) in [7, 11) is 0. The van der Waals surface area contributed by atoms with Gasteiger partial charge in [-0.2, -0.15) is 0 Å². The van der Waals surface area contributed by atoms with Crippen LogP contribution in [0, 0.1) is 19.0 Å². The molecule has 0 saturated carbocycles. The highest BCUT2D eigenvalue weighted by molar-refractivity contribution is 14.1. The zero-order valence-electron chi connectivity index (χ0n) is 8.37. The lowest BCUT2D eigenvalue weighted by Crippen LogP contribution is -1.82. The van der Waals surface area contributed by atoms with Crippen LogP contribution in [0.2, 0.25) is 0 Å². The molecule has 0 radical (unpaired) electrons. The summed E-state index contributed by atoms with van der Waals surface area (Å²) in [5.74, 6) is 6.42. The highest BCUT2D eigenvalue weighted by atomic mass is 127. The Kier molecular flexibility index (Phi) is 4.24. The van der Waals surface area contributed by atoms with Gasteiger partial charge in [-0.05, 0) is 69.4 Å². The Hall–Kier alpha value is -0.540. The van der Waals surface area contributed by atoms with Gasteiger partial charge >= 0.3 is 0 Å². The van der Waals surface area contributed by atoms with E-state index in [4.69, 9.17) is 0 Å². The van der Waals surface area contributed by atoms with E-state index >= 15 is 0 Å². The first kappa shape index (κ1) is 11.9. The topological polar surface area (TPSA) is 0 Å². The minimum Gasteiger partial charge on any atom is -0.0611 e. The monoisotopic (exact) mass is 430 g/mol. The Bertz CT molecular complexity index is 513. The minimum atomic E-state index is 1.09. The lowest BCUT2D eigenvalue weighted by atomic mass is 10.2. The molecule has 78 valence electrons. The number of hydrogen-bond acceptors (Lipinski definition) is 0. The van der Waals surface area contributed by atoms with E-state index in [-0.39, 0.29) is 0 Å². The third kappa shape index (κ3) is 2.98. The summed E-state index contributed by atoms with van der Waals surface area (Å²) in [6, 6.07) is 16.3. The van der Waals surface area contributed by atoms with Crippen molar-refractivity contribution >= 4 is 45.2 Å². The zero-order chi connectivity index (χ0) is 11.4. The molecule has 0 amide bonds. The molecule has 16 heavy (non-hydrogen) atoms. The molecule has 0 aliphatic rings. The molecule has 0 N–H and O–H groups in total. The molecule has 0 bridgehead atoms. The third-order valence-corrected chi connectivity index (χ3v) is 3.96. The van der Waals surface area contributed by atoms with E-state index in [0.29, 0.717) is 0 Å². The van der Waals surface area contributed by atoms with Gasteiger partial charge in [0.2, 0.25) is 0 Å². The van der Waals surface area contributed by atoms with Crippen LogP contribution in [-0.2, 0) is 0 Å². The van der Waals surface area contributed by atoms with E-state index in [1.54, 1.807) is 0 Å². The first-order valence-corrected chi connectivity index (χ1v) is 6.94. The van der Waals surface area contributed by atoms with E-state index in [1.807, 2.05) is 36.4 Å². The quantitative estimate of drug-likeness (QED) is 0.432. The molecule has 0 unspecified atom stereocenters. The number of hydrogen-bond donors (Lipinski definition) is 0. The molecule has 2 aromatic rings. The molecule has 0 atom stereocenters. The molecule has 0 spiro atoms. The van der Waals surface area contributed by atoms with Crippen LogP contribution < -0.4 is 0 Å². The van der Waals surface area contributed by atoms with Crippen molar-refractivity contribution in [1.29, 1.82) is 0 Å². The lowest BCUT2D eigenvalue weighted by molar-refractivity contribution is 1.56. The molecule has 2 rings (SSSR count). The van der Waals surface area contributed by atoms with E-state index in [1.165, 1.54) is 7.14 Å². The van der Waals surface area contributed by atoms with E-state index in [0.717, 1.165) is 11.1 Å². The summed E-state index contributed by atoms with van der Waals surface area (Å²) in [6.45, 7) is 0. The average molecular weight is 430 g/mol. The fourth-order valence-corrected chi connectivity index (χ4v) is 2.30. The Morgan fingerprint density at radius 2 is 1.00 bits per heavy atom. The summed E-state index contributed by atoms with van der Waals surface area (Å²) in [5, 5.41) is 0. The lowest BCUT2D eigenvalue weighted by Gasteiger charge is -1.95. The molecular formula is C14H8I2. The van der Waals surface area contributed by atoms with Crippen molar-refractivity contribution in [1.82, 2.24) is 0 Å². The molecule has 2 aromatic carbocycles. The third-order valence-electron chi connectivity index (χ3n) is 2.08. The Morgan fingerprint density at radius 3 is 1.38 bits per heavy atom. The van der Waals surface area contributed by atoms with Crippen molar-refractivity contribution in [3.05, 3.63) is 66.8 Å². The van der Waals surface area contributed by atoms with Gasteiger partial charge in [0.25, 0.3) is 0 Å². The summed E-state index contributed by atoms with van der Waals surface area (Å²) >= 11 is 4.61. The largest absolute Gasteiger partial charge is 0.0611 e. The Morgan fingerprint density at radius 1 is 0.625 bits per heavy atom. The highest BCUT2D eigenvalue weighted by Crippen LogP contribution is 2.12. The van der Waals surface area contributed by atoms with Crippen LogP contribution in [0.15, 0.2) is 48.5 Å². The van der Waals surface area contributed by atoms with Gasteiger partial charge in [-0.1, -0.05) is 36.1 Å². The van der Waals surface area contributed by atoms with Gasteiger partial charge in [0, 0.05) is 18.3 Å². The first-order chi connectivity index (χ1) is 7.77. The van der Waals surface area contributed by atoms with Gasteiger partial charge in [-0.25, -0.2) is 0 Å². The maximum Gasteiger partial charge on any atom is 0.0382 e. The maximum atomic E-state index is 3.21. The summed E-state index contributed by atoms with van der Waals surface area (Å²) in [5.41, 5.74) is 2.17. The summed E-state index contributed by atoms with van der Waals surface area (Å²) in [4.78, 5) is 0. The van der Waals surface area contributed by atoms with Gasteiger partial charge in [-0.3, -0.25) is 0 Å². The van der Waals surface area contributed by atoms with Crippen LogP contribution in [-0.4, -0.2) is 0 Å². The highest BCUT2D eigenvalue weighted by Gasteiger charge is 1.94. The molecule has 0 aliphatic heterocycles. The van der Waals surface area contributed by atoms with Gasteiger partial charge in [0.05, 0.1) is 0 Å². The molecule has 0 heterocycles. The fraction of sp³-hybridized carbons (Fsp3) is 0.